The summed E-state index contributed by atoms with van der Waals surface area (Å²) in [5.74, 6) is 0.389. The van der Waals surface area contributed by atoms with E-state index in [9.17, 15) is 4.79 Å². The molecule has 1 N–H and O–H groups in total. The van der Waals surface area contributed by atoms with E-state index >= 15 is 0 Å². The number of thioether (sulfide) groups is 1. The Hall–Kier alpha value is -2.86. The van der Waals surface area contributed by atoms with Crippen LogP contribution < -0.4 is 0 Å². The molecule has 124 valence electrons. The molecule has 0 aliphatic heterocycles. The molecule has 0 unspecified atom stereocenters. The molecule has 25 heavy (non-hydrogen) atoms. The fraction of sp³-hybridized carbons (Fsp3) is 0.105. The van der Waals surface area contributed by atoms with Gasteiger partial charge >= 0.3 is 0 Å². The molecule has 2 heterocycles. The van der Waals surface area contributed by atoms with Crippen LogP contribution in [-0.2, 0) is 7.05 Å². The third-order valence-corrected chi connectivity index (χ3v) is 5.04. The Morgan fingerprint density at radius 1 is 1.12 bits per heavy atom. The minimum absolute atomic E-state index is 0.0806. The number of aromatic amines is 1. The molecule has 2 aromatic carbocycles. The second-order valence-corrected chi connectivity index (χ2v) is 6.63. The molecule has 0 fully saturated rings. The van der Waals surface area contributed by atoms with Crippen LogP contribution in [0, 0.1) is 0 Å². The van der Waals surface area contributed by atoms with Crippen molar-refractivity contribution in [3.63, 3.8) is 0 Å². The van der Waals surface area contributed by atoms with Crippen LogP contribution in [0.2, 0.25) is 0 Å². The van der Waals surface area contributed by atoms with Crippen molar-refractivity contribution in [2.24, 2.45) is 7.05 Å². The zero-order valence-corrected chi connectivity index (χ0v) is 14.5. The number of nitrogens with one attached hydrogen (secondary N) is 1. The highest BCUT2D eigenvalue weighted by atomic mass is 32.2. The first-order valence-electron chi connectivity index (χ1n) is 7.90. The van der Waals surface area contributed by atoms with Crippen molar-refractivity contribution in [1.82, 2.24) is 19.7 Å². The van der Waals surface area contributed by atoms with Crippen LogP contribution >= 0.6 is 11.8 Å². The Bertz CT molecular complexity index is 1020. The standard InChI is InChI=1S/C19H16N4OS/c1-23-15-10-6-5-9-14(15)17(18(23)13-7-3-2-4-8-13)16(24)11-25-19-20-12-21-22-19/h2-10,12H,11H2,1H3,(H,20,21,22). The van der Waals surface area contributed by atoms with Gasteiger partial charge in [0.2, 0.25) is 0 Å². The fourth-order valence-corrected chi connectivity index (χ4v) is 3.73. The number of carbonyl (C=O) groups excluding carboxylic acids is 1. The van der Waals surface area contributed by atoms with E-state index in [0.717, 1.165) is 27.7 Å². The number of hydrogen-bond donors (Lipinski definition) is 1. The smallest absolute Gasteiger partial charge is 0.183 e. The summed E-state index contributed by atoms with van der Waals surface area (Å²) in [5, 5.41) is 8.22. The number of aromatic nitrogens is 4. The third-order valence-electron chi connectivity index (χ3n) is 4.17. The van der Waals surface area contributed by atoms with E-state index in [4.69, 9.17) is 0 Å². The molecule has 0 saturated carbocycles. The van der Waals surface area contributed by atoms with Crippen LogP contribution in [0.1, 0.15) is 10.4 Å². The largest absolute Gasteiger partial charge is 0.343 e. The molecule has 5 nitrogen and oxygen atoms in total. The molecule has 0 atom stereocenters. The number of carbonyl (C=O) groups is 1. The van der Waals surface area contributed by atoms with Gasteiger partial charge in [0.1, 0.15) is 6.33 Å². The van der Waals surface area contributed by atoms with Crippen LogP contribution in [0.3, 0.4) is 0 Å². The molecule has 2 aromatic heterocycles. The van der Waals surface area contributed by atoms with Crippen LogP contribution in [0.15, 0.2) is 66.1 Å². The quantitative estimate of drug-likeness (QED) is 0.438. The lowest BCUT2D eigenvalue weighted by atomic mass is 10.0. The van der Waals surface area contributed by atoms with Crippen molar-refractivity contribution < 1.29 is 4.79 Å². The molecule has 0 aliphatic carbocycles. The van der Waals surface area contributed by atoms with E-state index in [1.165, 1.54) is 18.1 Å². The number of rotatable bonds is 5. The lowest BCUT2D eigenvalue weighted by molar-refractivity contribution is 0.102. The lowest BCUT2D eigenvalue weighted by Crippen LogP contribution is -2.05. The number of para-hydroxylation sites is 1. The van der Waals surface area contributed by atoms with Gasteiger partial charge in [0, 0.05) is 18.0 Å². The maximum Gasteiger partial charge on any atom is 0.183 e. The highest BCUT2D eigenvalue weighted by Gasteiger charge is 2.22. The van der Waals surface area contributed by atoms with Gasteiger partial charge in [-0.15, -0.1) is 0 Å². The average Bonchev–Trinajstić information content (AvgIpc) is 3.27. The van der Waals surface area contributed by atoms with Crippen molar-refractivity contribution in [3.05, 3.63) is 66.5 Å². The van der Waals surface area contributed by atoms with Gasteiger partial charge < -0.3 is 4.57 Å². The predicted octanol–water partition coefficient (Wildman–Crippen LogP) is 3.94. The highest BCUT2D eigenvalue weighted by molar-refractivity contribution is 7.99. The number of benzene rings is 2. The van der Waals surface area contributed by atoms with Gasteiger partial charge in [-0.05, 0) is 11.6 Å². The lowest BCUT2D eigenvalue weighted by Gasteiger charge is -2.07. The summed E-state index contributed by atoms with van der Waals surface area (Å²) in [5.41, 5.74) is 3.80. The minimum atomic E-state index is 0.0806. The van der Waals surface area contributed by atoms with Crippen LogP contribution in [0.4, 0.5) is 0 Å². The maximum absolute atomic E-state index is 13.1. The summed E-state index contributed by atoms with van der Waals surface area (Å²) in [4.78, 5) is 17.1. The number of H-pyrrole nitrogens is 1. The number of Topliss-reactive ketones (excluding diaryl/α,β-unsaturated/α-hetero) is 1. The molecule has 0 amide bonds. The Morgan fingerprint density at radius 2 is 1.88 bits per heavy atom. The van der Waals surface area contributed by atoms with E-state index in [1.54, 1.807) is 0 Å². The molecule has 0 saturated heterocycles. The molecule has 4 rings (SSSR count). The van der Waals surface area contributed by atoms with Crippen molar-refractivity contribution in [3.8, 4) is 11.3 Å². The van der Waals surface area contributed by atoms with Gasteiger partial charge in [-0.2, -0.15) is 5.10 Å². The van der Waals surface area contributed by atoms with Crippen LogP contribution in [0.5, 0.6) is 0 Å². The van der Waals surface area contributed by atoms with E-state index in [-0.39, 0.29) is 5.78 Å². The van der Waals surface area contributed by atoms with Crippen molar-refractivity contribution in [1.29, 1.82) is 0 Å². The average molecular weight is 348 g/mol. The second kappa shape index (κ2) is 6.57. The molecule has 6 heteroatoms. The van der Waals surface area contributed by atoms with Gasteiger partial charge in [0.05, 0.1) is 17.0 Å². The summed E-state index contributed by atoms with van der Waals surface area (Å²) in [6.07, 6.45) is 1.44. The number of hydrogen-bond acceptors (Lipinski definition) is 4. The summed E-state index contributed by atoms with van der Waals surface area (Å²) < 4.78 is 2.09. The first kappa shape index (κ1) is 15.7. The van der Waals surface area contributed by atoms with Crippen molar-refractivity contribution in [2.75, 3.05) is 5.75 Å². The molecular weight excluding hydrogens is 332 g/mol. The Kier molecular flexibility index (Phi) is 4.11. The van der Waals surface area contributed by atoms with Crippen molar-refractivity contribution >= 4 is 28.4 Å². The normalized spacial score (nSPS) is 11.1. The number of aryl methyl sites for hydroxylation is 1. The Labute approximate surface area is 149 Å². The summed E-state index contributed by atoms with van der Waals surface area (Å²) >= 11 is 1.36. The summed E-state index contributed by atoms with van der Waals surface area (Å²) in [6, 6.07) is 18.0. The minimum Gasteiger partial charge on any atom is -0.343 e. The molecule has 0 radical (unpaired) electrons. The van der Waals surface area contributed by atoms with Gasteiger partial charge in [-0.3, -0.25) is 9.89 Å². The topological polar surface area (TPSA) is 63.6 Å². The Morgan fingerprint density at radius 3 is 2.64 bits per heavy atom. The molecule has 0 spiro atoms. The van der Waals surface area contributed by atoms with Gasteiger partial charge in [-0.25, -0.2) is 4.98 Å². The number of fused-ring (bicyclic) bond motifs is 1. The first-order valence-corrected chi connectivity index (χ1v) is 8.88. The van der Waals surface area contributed by atoms with E-state index < -0.39 is 0 Å². The van der Waals surface area contributed by atoms with Gasteiger partial charge in [0.15, 0.2) is 10.9 Å². The zero-order valence-electron chi connectivity index (χ0n) is 13.6. The van der Waals surface area contributed by atoms with Crippen LogP contribution in [0.25, 0.3) is 22.2 Å². The molecule has 0 aliphatic rings. The van der Waals surface area contributed by atoms with E-state index in [2.05, 4.69) is 19.7 Å². The van der Waals surface area contributed by atoms with Crippen LogP contribution in [-0.4, -0.2) is 31.3 Å². The fourth-order valence-electron chi connectivity index (χ4n) is 3.08. The van der Waals surface area contributed by atoms with Gasteiger partial charge in [0.25, 0.3) is 0 Å². The predicted molar refractivity (Wildman–Crippen MR) is 99.8 cm³/mol. The van der Waals surface area contributed by atoms with Crippen molar-refractivity contribution in [2.45, 2.75) is 5.16 Å². The Balaban J connectivity index is 1.82. The van der Waals surface area contributed by atoms with E-state index in [0.29, 0.717) is 10.9 Å². The summed E-state index contributed by atoms with van der Waals surface area (Å²) in [6.45, 7) is 0. The number of nitrogens with zero attached hydrogens (tertiary/aromatic N) is 3. The monoisotopic (exact) mass is 348 g/mol. The molecular formula is C19H16N4OS. The maximum atomic E-state index is 13.1. The number of ketones is 1. The second-order valence-electron chi connectivity index (χ2n) is 5.67. The molecule has 4 aromatic rings. The van der Waals surface area contributed by atoms with E-state index in [1.807, 2.05) is 61.6 Å². The third kappa shape index (κ3) is 2.85. The summed E-state index contributed by atoms with van der Waals surface area (Å²) in [7, 11) is 2.00. The van der Waals surface area contributed by atoms with Gasteiger partial charge in [-0.1, -0.05) is 60.3 Å². The SMILES string of the molecule is Cn1c(-c2ccccc2)c(C(=O)CSc2ncn[nH]2)c2ccccc21. The molecule has 0 bridgehead atoms. The first-order chi connectivity index (χ1) is 12.3. The zero-order chi connectivity index (χ0) is 17.2. The highest BCUT2D eigenvalue weighted by Crippen LogP contribution is 2.34.